The Morgan fingerprint density at radius 3 is 2.38 bits per heavy atom. The molecule has 178 valence electrons. The fourth-order valence-electron chi connectivity index (χ4n) is 4.04. The van der Waals surface area contributed by atoms with Gasteiger partial charge in [0.2, 0.25) is 0 Å². The molecule has 0 aliphatic heterocycles. The van der Waals surface area contributed by atoms with Crippen molar-refractivity contribution in [1.82, 2.24) is 9.55 Å². The Labute approximate surface area is 218 Å². The zero-order chi connectivity index (χ0) is 22.6. The van der Waals surface area contributed by atoms with Gasteiger partial charge in [0.05, 0.1) is 13.2 Å². The van der Waals surface area contributed by atoms with Crippen molar-refractivity contribution in [2.45, 2.75) is 116 Å². The fraction of sp³-hybridized carbons (Fsp3) is 0.769. The number of nitrogens with zero attached hydrogens (tertiary/aromatic N) is 2. The van der Waals surface area contributed by atoms with Crippen molar-refractivity contribution in [3.05, 3.63) is 30.4 Å². The molecule has 0 N–H and O–H groups in total. The number of hydrogen-bond donors (Lipinski definition) is 0. The van der Waals surface area contributed by atoms with Crippen LogP contribution in [0.5, 0.6) is 0 Å². The first-order valence-corrected chi connectivity index (χ1v) is 12.6. The second kappa shape index (κ2) is 22.2. The number of carbonyl (C=O) groups excluding carboxylic acids is 1. The maximum atomic E-state index is 10.5. The van der Waals surface area contributed by atoms with Gasteiger partial charge in [-0.25, -0.2) is 4.98 Å². The maximum absolute atomic E-state index is 10.5. The molecule has 1 aromatic heterocycles. The van der Waals surface area contributed by atoms with Gasteiger partial charge < -0.3 is 19.2 Å². The third-order valence-electron chi connectivity index (χ3n) is 5.86. The number of allylic oxidation sites excluding steroid dienone is 2. The van der Waals surface area contributed by atoms with Crippen molar-refractivity contribution < 1.29 is 44.2 Å². The molecule has 0 amide bonds. The molecule has 0 saturated carbocycles. The number of rotatable bonds is 21. The SMILES string of the molecule is C/C=C/CCCCCC(CCCCCCCCC)c1nccn1CCOCCC(=O)[O-].[Na+]. The zero-order valence-corrected chi connectivity index (χ0v) is 23.0. The third kappa shape index (κ3) is 16.1. The van der Waals surface area contributed by atoms with Crippen LogP contribution in [0, 0.1) is 0 Å². The van der Waals surface area contributed by atoms with Gasteiger partial charge in [0.25, 0.3) is 0 Å². The molecule has 6 heteroatoms. The van der Waals surface area contributed by atoms with Crippen LogP contribution in [0.25, 0.3) is 0 Å². The smallest absolute Gasteiger partial charge is 0.550 e. The number of aliphatic carboxylic acids is 1. The summed E-state index contributed by atoms with van der Waals surface area (Å²) in [7, 11) is 0. The van der Waals surface area contributed by atoms with Gasteiger partial charge in [-0.3, -0.25) is 0 Å². The minimum atomic E-state index is -1.06. The van der Waals surface area contributed by atoms with Crippen LogP contribution in [0.3, 0.4) is 0 Å². The number of carboxylic acid groups (broad SMARTS) is 1. The molecular weight excluding hydrogens is 411 g/mol. The number of carboxylic acids is 1. The molecule has 0 aliphatic carbocycles. The van der Waals surface area contributed by atoms with E-state index in [9.17, 15) is 9.90 Å². The van der Waals surface area contributed by atoms with E-state index in [2.05, 4.69) is 30.6 Å². The Balaban J connectivity index is 0.00000961. The van der Waals surface area contributed by atoms with E-state index in [1.54, 1.807) is 0 Å². The predicted octanol–water partition coefficient (Wildman–Crippen LogP) is 2.79. The van der Waals surface area contributed by atoms with E-state index >= 15 is 0 Å². The Morgan fingerprint density at radius 2 is 1.72 bits per heavy atom. The predicted molar refractivity (Wildman–Crippen MR) is 126 cm³/mol. The van der Waals surface area contributed by atoms with Gasteiger partial charge in [0.15, 0.2) is 0 Å². The van der Waals surface area contributed by atoms with Crippen LogP contribution in [0.4, 0.5) is 0 Å². The topological polar surface area (TPSA) is 67.2 Å². The summed E-state index contributed by atoms with van der Waals surface area (Å²) in [6, 6.07) is 0. The van der Waals surface area contributed by atoms with Gasteiger partial charge >= 0.3 is 29.6 Å². The normalized spacial score (nSPS) is 12.2. The van der Waals surface area contributed by atoms with E-state index in [0.717, 1.165) is 6.54 Å². The molecule has 1 aromatic rings. The van der Waals surface area contributed by atoms with Crippen molar-refractivity contribution in [1.29, 1.82) is 0 Å². The molecule has 1 rings (SSSR count). The van der Waals surface area contributed by atoms with Gasteiger partial charge in [0.1, 0.15) is 5.82 Å². The fourth-order valence-corrected chi connectivity index (χ4v) is 4.04. The van der Waals surface area contributed by atoms with Crippen LogP contribution in [0.1, 0.15) is 115 Å². The van der Waals surface area contributed by atoms with Crippen LogP contribution < -0.4 is 34.7 Å². The van der Waals surface area contributed by atoms with E-state index in [4.69, 9.17) is 9.72 Å². The summed E-state index contributed by atoms with van der Waals surface area (Å²) in [6.07, 6.45) is 24.9. The van der Waals surface area contributed by atoms with Crippen molar-refractivity contribution in [2.24, 2.45) is 0 Å². The molecule has 0 fully saturated rings. The van der Waals surface area contributed by atoms with E-state index in [1.165, 1.54) is 89.3 Å². The largest absolute Gasteiger partial charge is 1.00 e. The Bertz CT molecular complexity index is 589. The molecule has 32 heavy (non-hydrogen) atoms. The van der Waals surface area contributed by atoms with Crippen molar-refractivity contribution >= 4 is 5.97 Å². The summed E-state index contributed by atoms with van der Waals surface area (Å²) >= 11 is 0. The summed E-state index contributed by atoms with van der Waals surface area (Å²) in [5.74, 6) is 0.603. The molecule has 0 aliphatic rings. The Kier molecular flexibility index (Phi) is 21.8. The number of ether oxygens (including phenoxy) is 1. The number of unbranched alkanes of at least 4 members (excludes halogenated alkanes) is 9. The second-order valence-electron chi connectivity index (χ2n) is 8.53. The van der Waals surface area contributed by atoms with Crippen LogP contribution in [0.2, 0.25) is 0 Å². The van der Waals surface area contributed by atoms with E-state index in [0.29, 0.717) is 12.5 Å². The van der Waals surface area contributed by atoms with Crippen molar-refractivity contribution in [3.63, 3.8) is 0 Å². The first-order valence-electron chi connectivity index (χ1n) is 12.6. The van der Waals surface area contributed by atoms with Crippen LogP contribution in [0.15, 0.2) is 24.5 Å². The summed E-state index contributed by atoms with van der Waals surface area (Å²) in [5.41, 5.74) is 0. The van der Waals surface area contributed by atoms with Gasteiger partial charge in [-0.05, 0) is 32.6 Å². The van der Waals surface area contributed by atoms with Crippen LogP contribution in [-0.2, 0) is 16.1 Å². The van der Waals surface area contributed by atoms with Gasteiger partial charge in [-0.1, -0.05) is 76.9 Å². The maximum Gasteiger partial charge on any atom is 1.00 e. The Morgan fingerprint density at radius 1 is 1.06 bits per heavy atom. The number of hydrogen-bond acceptors (Lipinski definition) is 4. The number of imidazole rings is 1. The van der Waals surface area contributed by atoms with E-state index in [-0.39, 0.29) is 42.6 Å². The second-order valence-corrected chi connectivity index (χ2v) is 8.53. The molecule has 5 nitrogen and oxygen atoms in total. The summed E-state index contributed by atoms with van der Waals surface area (Å²) in [5, 5.41) is 10.5. The average Bonchev–Trinajstić information content (AvgIpc) is 3.22. The number of carbonyl (C=O) groups is 1. The minimum absolute atomic E-state index is 0. The van der Waals surface area contributed by atoms with Crippen LogP contribution in [-0.4, -0.2) is 28.7 Å². The standard InChI is InChI=1S/C26H46N2O3.Na/c1-3-5-7-9-11-13-15-17-24(16-14-12-10-8-6-4-2)26-27-19-20-28(26)21-23-31-22-18-25(29)30;/h4,6,19-20,24H,3,5,7-18,21-23H2,1-2H3,(H,29,30);/q;+1/p-1/b6-4+;. The van der Waals surface area contributed by atoms with Crippen molar-refractivity contribution in [2.75, 3.05) is 13.2 Å². The molecule has 1 heterocycles. The first kappa shape index (κ1) is 31.4. The van der Waals surface area contributed by atoms with E-state index in [1.807, 2.05) is 12.4 Å². The molecular formula is C26H45N2NaO3. The van der Waals surface area contributed by atoms with Crippen LogP contribution >= 0.6 is 0 Å². The van der Waals surface area contributed by atoms with E-state index < -0.39 is 5.97 Å². The van der Waals surface area contributed by atoms with Gasteiger partial charge in [0, 0.05) is 37.2 Å². The van der Waals surface area contributed by atoms with Gasteiger partial charge in [-0.2, -0.15) is 0 Å². The zero-order valence-electron chi connectivity index (χ0n) is 21.0. The molecule has 1 unspecified atom stereocenters. The third-order valence-corrected chi connectivity index (χ3v) is 5.86. The summed E-state index contributed by atoms with van der Waals surface area (Å²) in [4.78, 5) is 15.2. The van der Waals surface area contributed by atoms with Gasteiger partial charge in [-0.15, -0.1) is 0 Å². The Hall–Kier alpha value is -0.620. The summed E-state index contributed by atoms with van der Waals surface area (Å²) < 4.78 is 7.66. The quantitative estimate of drug-likeness (QED) is 0.162. The van der Waals surface area contributed by atoms with Crippen molar-refractivity contribution in [3.8, 4) is 0 Å². The average molecular weight is 457 g/mol. The molecule has 0 radical (unpaired) electrons. The summed E-state index contributed by atoms with van der Waals surface area (Å²) in [6.45, 7) is 5.78. The molecule has 0 saturated heterocycles. The monoisotopic (exact) mass is 456 g/mol. The first-order chi connectivity index (χ1) is 15.2. The minimum Gasteiger partial charge on any atom is -0.550 e. The molecule has 1 atom stereocenters. The molecule has 0 aromatic carbocycles. The molecule has 0 spiro atoms. The molecule has 0 bridgehead atoms. The number of aromatic nitrogens is 2.